The summed E-state index contributed by atoms with van der Waals surface area (Å²) in [5.74, 6) is 0. The number of aliphatic hydroxyl groups excluding tert-OH is 2. The molecule has 6 unspecified atom stereocenters. The van der Waals surface area contributed by atoms with Crippen LogP contribution in [0, 0.1) is 0 Å². The molecule has 19 nitrogen and oxygen atoms in total. The summed E-state index contributed by atoms with van der Waals surface area (Å²) in [6.07, 6.45) is -10.6. The summed E-state index contributed by atoms with van der Waals surface area (Å²) >= 11 is 18.6. The van der Waals surface area contributed by atoms with Crippen molar-refractivity contribution >= 4 is 72.6 Å². The Kier molecular flexibility index (Phi) is 8.37. The van der Waals surface area contributed by atoms with Gasteiger partial charge in [0.25, 0.3) is 5.56 Å². The summed E-state index contributed by atoms with van der Waals surface area (Å²) in [4.78, 5) is 48.0. The van der Waals surface area contributed by atoms with Crippen molar-refractivity contribution in [3.05, 3.63) is 50.5 Å². The quantitative estimate of drug-likeness (QED) is 0.183. The van der Waals surface area contributed by atoms with Crippen LogP contribution in [-0.4, -0.2) is 98.9 Å². The summed E-state index contributed by atoms with van der Waals surface area (Å²) in [5, 5.41) is 22.4. The highest BCUT2D eigenvalue weighted by Crippen LogP contribution is 2.54. The van der Waals surface area contributed by atoms with Gasteiger partial charge >= 0.3 is 15.6 Å². The molecule has 0 spiro atoms. The maximum absolute atomic E-state index is 13.2. The summed E-state index contributed by atoms with van der Waals surface area (Å²) in [5.41, 5.74) is -0.208. The number of rotatable bonds is 2. The molecule has 0 amide bonds. The third kappa shape index (κ3) is 5.72. The van der Waals surface area contributed by atoms with Crippen molar-refractivity contribution in [1.82, 2.24) is 29.1 Å². The second kappa shape index (κ2) is 11.8. The maximum Gasteiger partial charge on any atom is 0.472 e. The number of ether oxygens (including phenoxy) is 2. The molecule has 3 saturated heterocycles. The number of halogens is 3. The summed E-state index contributed by atoms with van der Waals surface area (Å²) in [6, 6.07) is 2.83. The summed E-state index contributed by atoms with van der Waals surface area (Å²) in [6.45, 7) is -1.66. The molecule has 248 valence electrons. The average molecular weight is 746 g/mol. The van der Waals surface area contributed by atoms with E-state index in [9.17, 15) is 33.9 Å². The van der Waals surface area contributed by atoms with Gasteiger partial charge < -0.3 is 34.5 Å². The van der Waals surface area contributed by atoms with Gasteiger partial charge in [0.2, 0.25) is 5.28 Å². The Morgan fingerprint density at radius 2 is 1.54 bits per heavy atom. The lowest BCUT2D eigenvalue weighted by molar-refractivity contribution is -0.0671. The molecule has 6 heterocycles. The minimum absolute atomic E-state index is 0.0291. The van der Waals surface area contributed by atoms with Gasteiger partial charge in [0.1, 0.15) is 36.6 Å². The number of H-pyrrole nitrogens is 1. The van der Waals surface area contributed by atoms with E-state index in [0.717, 1.165) is 17.2 Å². The molecule has 2 bridgehead atoms. The monoisotopic (exact) mass is 744 g/mol. The number of aromatic amines is 1. The minimum atomic E-state index is -5.12. The fraction of sp³-hybridized carbons (Fsp3) is 0.455. The van der Waals surface area contributed by atoms with Crippen molar-refractivity contribution in [1.29, 1.82) is 0 Å². The van der Waals surface area contributed by atoms with E-state index in [1.54, 1.807) is 0 Å². The van der Waals surface area contributed by atoms with E-state index in [1.807, 2.05) is 0 Å². The number of aromatic nitrogens is 6. The predicted octanol–water partition coefficient (Wildman–Crippen LogP) is 1.66. The van der Waals surface area contributed by atoms with Gasteiger partial charge in [-0.15, -0.1) is 0 Å². The molecule has 0 radical (unpaired) electrons. The van der Waals surface area contributed by atoms with E-state index in [1.165, 1.54) is 16.7 Å². The van der Waals surface area contributed by atoms with Crippen LogP contribution in [0.3, 0.4) is 0 Å². The number of nitrogens with zero attached hydrogens (tertiary/aromatic N) is 5. The highest BCUT2D eigenvalue weighted by atomic mass is 35.5. The van der Waals surface area contributed by atoms with Crippen LogP contribution in [0.15, 0.2) is 29.6 Å². The molecule has 7 rings (SSSR count). The summed E-state index contributed by atoms with van der Waals surface area (Å²) < 4.78 is 61.3. The van der Waals surface area contributed by atoms with Crippen molar-refractivity contribution in [2.75, 3.05) is 13.2 Å². The first kappa shape index (κ1) is 32.5. The maximum atomic E-state index is 13.2. The third-order valence-corrected chi connectivity index (χ3v) is 10.5. The van der Waals surface area contributed by atoms with Crippen LogP contribution in [0.2, 0.25) is 15.3 Å². The Hall–Kier alpha value is -2.03. The predicted molar refractivity (Wildman–Crippen MR) is 154 cm³/mol. The van der Waals surface area contributed by atoms with Crippen molar-refractivity contribution in [2.45, 2.75) is 49.1 Å². The van der Waals surface area contributed by atoms with E-state index in [-0.39, 0.29) is 37.5 Å². The lowest BCUT2D eigenvalue weighted by Crippen LogP contribution is -2.36. The highest BCUT2D eigenvalue weighted by Gasteiger charge is 2.54. The van der Waals surface area contributed by atoms with Crippen LogP contribution >= 0.6 is 50.4 Å². The first-order valence-corrected chi connectivity index (χ1v) is 17.3. The fourth-order valence-corrected chi connectivity index (χ4v) is 7.94. The Morgan fingerprint density at radius 3 is 2.28 bits per heavy atom. The number of imidazole rings is 2. The lowest BCUT2D eigenvalue weighted by Gasteiger charge is -2.25. The molecule has 3 aromatic heterocycles. The molecule has 3 aliphatic rings. The van der Waals surface area contributed by atoms with E-state index < -0.39 is 83.5 Å². The second-order valence-electron chi connectivity index (χ2n) is 10.3. The number of benzene rings is 1. The van der Waals surface area contributed by atoms with E-state index >= 15 is 0 Å². The lowest BCUT2D eigenvalue weighted by atomic mass is 10.1. The number of aliphatic hydroxyl groups is 2. The Morgan fingerprint density at radius 1 is 0.891 bits per heavy atom. The summed E-state index contributed by atoms with van der Waals surface area (Å²) in [7, 11) is -10.2. The van der Waals surface area contributed by atoms with Gasteiger partial charge in [0, 0.05) is 0 Å². The van der Waals surface area contributed by atoms with Crippen molar-refractivity contribution in [2.24, 2.45) is 0 Å². The number of fused-ring (bicyclic) bond motifs is 5. The van der Waals surface area contributed by atoms with Gasteiger partial charge in [0.05, 0.1) is 46.9 Å². The van der Waals surface area contributed by atoms with Gasteiger partial charge in [-0.25, -0.2) is 24.1 Å². The molecule has 24 heteroatoms. The number of hydrogen-bond acceptors (Lipinski definition) is 14. The van der Waals surface area contributed by atoms with Crippen LogP contribution in [0.25, 0.3) is 22.2 Å². The molecule has 3 aliphatic heterocycles. The zero-order valence-corrected chi connectivity index (χ0v) is 26.6. The number of phosphoric acid groups is 2. The SMILES string of the molecule is O=c1[nH]cnc2c1ncn2[C@@H]1O[C@@H]2COP(=O)(O)OC3C(O)[C@H](n4c(Cl)nc5cc(Cl)c(Cl)cc54)O[C@@H]3COP(=O)(O)OC1C2O. The normalized spacial score (nSPS) is 37.2. The molecule has 46 heavy (non-hydrogen) atoms. The molecule has 0 aliphatic carbocycles. The Balaban J connectivity index is 1.21. The number of hydrogen-bond donors (Lipinski definition) is 5. The second-order valence-corrected chi connectivity index (χ2v) is 14.3. The standard InChI is InChI=1S/C22H21Cl3N6O13P2/c23-7-1-9-10(2-8(7)24)31(22(25)29-9)20-15(33)16-12(42-20)4-40-46(37,38)44-17-14(32)11(3-39-45(35,36)43-16)41-21(17)30-6-28-13-18(30)26-5-27-19(13)34/h1-2,5-6,11-12,14-17,20-21,32-33H,3-4H2,(H,35,36)(H,37,38)(H,26,27,34)/t11-,12-,14?,15?,16?,17?,20-,21-/m1/s1. The van der Waals surface area contributed by atoms with Crippen LogP contribution in [0.1, 0.15) is 12.5 Å². The van der Waals surface area contributed by atoms with Crippen LogP contribution in [0.4, 0.5) is 0 Å². The molecular weight excluding hydrogens is 725 g/mol. The average Bonchev–Trinajstić information content (AvgIpc) is 3.71. The van der Waals surface area contributed by atoms with Crippen LogP contribution < -0.4 is 5.56 Å². The topological polar surface area (TPSA) is 252 Å². The zero-order valence-electron chi connectivity index (χ0n) is 22.6. The zero-order chi connectivity index (χ0) is 32.7. The van der Waals surface area contributed by atoms with Gasteiger partial charge in [0.15, 0.2) is 23.6 Å². The third-order valence-electron chi connectivity index (χ3n) is 7.52. The van der Waals surface area contributed by atoms with E-state index in [4.69, 9.17) is 62.4 Å². The van der Waals surface area contributed by atoms with E-state index in [0.29, 0.717) is 0 Å². The number of nitrogens with one attached hydrogen (secondary N) is 1. The van der Waals surface area contributed by atoms with Crippen molar-refractivity contribution < 1.29 is 56.7 Å². The Labute approximate surface area is 270 Å². The molecular formula is C22H21Cl3N6O13P2. The van der Waals surface area contributed by atoms with E-state index in [2.05, 4.69) is 19.9 Å². The molecule has 5 N–H and O–H groups in total. The highest BCUT2D eigenvalue weighted by molar-refractivity contribution is 7.47. The molecule has 3 fully saturated rings. The molecule has 10 atom stereocenters. The smallest absolute Gasteiger partial charge is 0.387 e. The molecule has 1 aromatic carbocycles. The Bertz CT molecular complexity index is 1990. The molecule has 0 saturated carbocycles. The van der Waals surface area contributed by atoms with Crippen molar-refractivity contribution in [3.63, 3.8) is 0 Å². The molecule has 4 aromatic rings. The first-order chi connectivity index (χ1) is 21.7. The minimum Gasteiger partial charge on any atom is -0.387 e. The van der Waals surface area contributed by atoms with Gasteiger partial charge in [-0.05, 0) is 23.7 Å². The van der Waals surface area contributed by atoms with Crippen LogP contribution in [0.5, 0.6) is 0 Å². The number of phosphoric ester groups is 2. The van der Waals surface area contributed by atoms with Gasteiger partial charge in [-0.1, -0.05) is 23.2 Å². The largest absolute Gasteiger partial charge is 0.472 e. The van der Waals surface area contributed by atoms with Crippen LogP contribution in [-0.2, 0) is 36.7 Å². The van der Waals surface area contributed by atoms with Gasteiger partial charge in [-0.2, -0.15) is 0 Å². The fourth-order valence-electron chi connectivity index (χ4n) is 5.45. The van der Waals surface area contributed by atoms with Gasteiger partial charge in [-0.3, -0.25) is 32.0 Å². The van der Waals surface area contributed by atoms with Crippen molar-refractivity contribution in [3.8, 4) is 0 Å². The first-order valence-electron chi connectivity index (χ1n) is 13.1.